The lowest BCUT2D eigenvalue weighted by Crippen LogP contribution is -2.44. The number of likely N-dealkylation sites (N-methyl/N-ethyl adjacent to an activating group) is 1. The molecule has 0 spiro atoms. The van der Waals surface area contributed by atoms with Crippen LogP contribution in [0.5, 0.6) is 0 Å². The van der Waals surface area contributed by atoms with Crippen molar-refractivity contribution in [3.05, 3.63) is 24.5 Å². The zero-order chi connectivity index (χ0) is 13.1. The molecule has 1 aliphatic heterocycles. The molecule has 2 aromatic heterocycles. The van der Waals surface area contributed by atoms with E-state index in [1.807, 2.05) is 19.2 Å². The third-order valence-electron chi connectivity index (χ3n) is 3.19. The van der Waals surface area contributed by atoms with Crippen LogP contribution in [-0.2, 0) is 4.74 Å². The van der Waals surface area contributed by atoms with Crippen LogP contribution in [0, 0.1) is 0 Å². The number of fused-ring (bicyclic) bond motifs is 1. The van der Waals surface area contributed by atoms with Crippen LogP contribution in [0.2, 0.25) is 0 Å². The highest BCUT2D eigenvalue weighted by molar-refractivity contribution is 5.71. The fourth-order valence-electron chi connectivity index (χ4n) is 2.19. The maximum Gasteiger partial charge on any atom is 0.180 e. The van der Waals surface area contributed by atoms with Crippen molar-refractivity contribution in [2.45, 2.75) is 6.10 Å². The van der Waals surface area contributed by atoms with Crippen LogP contribution in [-0.4, -0.2) is 54.3 Å². The quantitative estimate of drug-likeness (QED) is 0.863. The van der Waals surface area contributed by atoms with Crippen molar-refractivity contribution in [3.63, 3.8) is 0 Å². The summed E-state index contributed by atoms with van der Waals surface area (Å²) in [5.41, 5.74) is 1.49. The molecule has 100 valence electrons. The fourth-order valence-corrected chi connectivity index (χ4v) is 2.19. The molecule has 3 heterocycles. The van der Waals surface area contributed by atoms with Gasteiger partial charge in [0.05, 0.1) is 12.7 Å². The minimum atomic E-state index is 0.207. The van der Waals surface area contributed by atoms with Gasteiger partial charge in [-0.1, -0.05) is 0 Å². The molecule has 0 amide bonds. The van der Waals surface area contributed by atoms with Gasteiger partial charge in [-0.15, -0.1) is 0 Å². The van der Waals surface area contributed by atoms with E-state index >= 15 is 0 Å². The van der Waals surface area contributed by atoms with E-state index in [4.69, 9.17) is 4.74 Å². The normalized spacial score (nSPS) is 19.5. The van der Waals surface area contributed by atoms with E-state index < -0.39 is 0 Å². The lowest BCUT2D eigenvalue weighted by atomic mass is 10.3. The molecule has 1 atom stereocenters. The van der Waals surface area contributed by atoms with Crippen molar-refractivity contribution < 1.29 is 4.74 Å². The summed E-state index contributed by atoms with van der Waals surface area (Å²) < 4.78 is 5.70. The third kappa shape index (κ3) is 2.80. The van der Waals surface area contributed by atoms with Gasteiger partial charge in [-0.05, 0) is 12.1 Å². The molecule has 2 aromatic rings. The average Bonchev–Trinajstić information content (AvgIpc) is 2.48. The molecule has 0 saturated carbocycles. The highest BCUT2D eigenvalue weighted by Crippen LogP contribution is 2.14. The Hall–Kier alpha value is -1.79. The van der Waals surface area contributed by atoms with Crippen LogP contribution >= 0.6 is 0 Å². The molecule has 6 nitrogen and oxygen atoms in total. The van der Waals surface area contributed by atoms with Crippen molar-refractivity contribution >= 4 is 17.0 Å². The Kier molecular flexibility index (Phi) is 3.52. The van der Waals surface area contributed by atoms with E-state index in [-0.39, 0.29) is 6.10 Å². The Morgan fingerprint density at radius 3 is 3.11 bits per heavy atom. The first-order valence-corrected chi connectivity index (χ1v) is 6.44. The van der Waals surface area contributed by atoms with Gasteiger partial charge in [0.1, 0.15) is 11.3 Å². The van der Waals surface area contributed by atoms with Gasteiger partial charge >= 0.3 is 0 Å². The fraction of sp³-hybridized carbons (Fsp3) is 0.462. The standard InChI is InChI=1S/C13H17N5O/c1-18(9-10-8-14-6-7-19-10)12-3-2-11-13(17-12)16-5-4-15-11/h2-5,10,14H,6-9H2,1H3. The first kappa shape index (κ1) is 12.3. The van der Waals surface area contributed by atoms with Crippen LogP contribution in [0.1, 0.15) is 0 Å². The summed E-state index contributed by atoms with van der Waals surface area (Å²) >= 11 is 0. The highest BCUT2D eigenvalue weighted by atomic mass is 16.5. The minimum absolute atomic E-state index is 0.207. The van der Waals surface area contributed by atoms with Crippen molar-refractivity contribution in [1.29, 1.82) is 0 Å². The maximum absolute atomic E-state index is 5.70. The predicted octanol–water partition coefficient (Wildman–Crippen LogP) is 0.449. The predicted molar refractivity (Wildman–Crippen MR) is 73.2 cm³/mol. The van der Waals surface area contributed by atoms with Gasteiger partial charge < -0.3 is 15.0 Å². The largest absolute Gasteiger partial charge is 0.374 e. The molecule has 0 aromatic carbocycles. The van der Waals surface area contributed by atoms with Gasteiger partial charge in [-0.25, -0.2) is 9.97 Å². The number of nitrogens with zero attached hydrogens (tertiary/aromatic N) is 4. The van der Waals surface area contributed by atoms with Crippen LogP contribution in [0.15, 0.2) is 24.5 Å². The first-order chi connectivity index (χ1) is 9.33. The van der Waals surface area contributed by atoms with Gasteiger partial charge in [0.2, 0.25) is 0 Å². The molecule has 1 fully saturated rings. The summed E-state index contributed by atoms with van der Waals surface area (Å²) in [6, 6.07) is 3.91. The zero-order valence-corrected chi connectivity index (χ0v) is 10.9. The Balaban J connectivity index is 1.75. The number of nitrogens with one attached hydrogen (secondary N) is 1. The smallest absolute Gasteiger partial charge is 0.180 e. The maximum atomic E-state index is 5.70. The Labute approximate surface area is 111 Å². The third-order valence-corrected chi connectivity index (χ3v) is 3.19. The average molecular weight is 259 g/mol. The SMILES string of the molecule is CN(CC1CNCCO1)c1ccc2nccnc2n1. The molecule has 1 unspecified atom stereocenters. The monoisotopic (exact) mass is 259 g/mol. The van der Waals surface area contributed by atoms with Crippen molar-refractivity contribution in [2.24, 2.45) is 0 Å². The lowest BCUT2D eigenvalue weighted by molar-refractivity contribution is 0.0339. The first-order valence-electron chi connectivity index (χ1n) is 6.44. The van der Waals surface area contributed by atoms with E-state index in [0.717, 1.165) is 37.6 Å². The van der Waals surface area contributed by atoms with E-state index in [9.17, 15) is 0 Å². The molecule has 0 bridgehead atoms. The van der Waals surface area contributed by atoms with Crippen LogP contribution in [0.4, 0.5) is 5.82 Å². The summed E-state index contributed by atoms with van der Waals surface area (Å²) in [7, 11) is 2.02. The van der Waals surface area contributed by atoms with Gasteiger partial charge in [0.25, 0.3) is 0 Å². The molecule has 1 N–H and O–H groups in total. The molecule has 0 radical (unpaired) electrons. The topological polar surface area (TPSA) is 63.2 Å². The molecule has 6 heteroatoms. The second-order valence-electron chi connectivity index (χ2n) is 4.65. The molecule has 1 saturated heterocycles. The van der Waals surface area contributed by atoms with E-state index in [1.165, 1.54) is 0 Å². The van der Waals surface area contributed by atoms with Gasteiger partial charge in [0.15, 0.2) is 5.65 Å². The lowest BCUT2D eigenvalue weighted by Gasteiger charge is -2.28. The van der Waals surface area contributed by atoms with E-state index in [0.29, 0.717) is 5.65 Å². The van der Waals surface area contributed by atoms with Crippen LogP contribution < -0.4 is 10.2 Å². The minimum Gasteiger partial charge on any atom is -0.374 e. The number of aromatic nitrogens is 3. The second kappa shape index (κ2) is 5.46. The van der Waals surface area contributed by atoms with E-state index in [1.54, 1.807) is 12.4 Å². The number of anilines is 1. The molecule has 19 heavy (non-hydrogen) atoms. The molecule has 0 aliphatic carbocycles. The molecule has 3 rings (SSSR count). The summed E-state index contributed by atoms with van der Waals surface area (Å²) in [5, 5.41) is 3.33. The summed E-state index contributed by atoms with van der Waals surface area (Å²) in [5.74, 6) is 0.891. The summed E-state index contributed by atoms with van der Waals surface area (Å²) in [4.78, 5) is 15.1. The molecular weight excluding hydrogens is 242 g/mol. The number of pyridine rings is 1. The Morgan fingerprint density at radius 2 is 2.26 bits per heavy atom. The zero-order valence-electron chi connectivity index (χ0n) is 10.9. The molecular formula is C13H17N5O. The summed E-state index contributed by atoms with van der Waals surface area (Å²) in [6.07, 6.45) is 3.54. The van der Waals surface area contributed by atoms with Crippen molar-refractivity contribution in [3.8, 4) is 0 Å². The Morgan fingerprint density at radius 1 is 1.37 bits per heavy atom. The van der Waals surface area contributed by atoms with Crippen LogP contribution in [0.3, 0.4) is 0 Å². The highest BCUT2D eigenvalue weighted by Gasteiger charge is 2.16. The Bertz CT molecular complexity index is 555. The van der Waals surface area contributed by atoms with Gasteiger partial charge in [-0.3, -0.25) is 4.98 Å². The summed E-state index contributed by atoms with van der Waals surface area (Å²) in [6.45, 7) is 3.41. The number of hydrogen-bond acceptors (Lipinski definition) is 6. The second-order valence-corrected chi connectivity index (χ2v) is 4.65. The number of rotatable bonds is 3. The van der Waals surface area contributed by atoms with Crippen molar-refractivity contribution in [1.82, 2.24) is 20.3 Å². The van der Waals surface area contributed by atoms with Gasteiger partial charge in [0, 0.05) is 39.1 Å². The van der Waals surface area contributed by atoms with E-state index in [2.05, 4.69) is 25.2 Å². The number of ether oxygens (including phenoxy) is 1. The van der Waals surface area contributed by atoms with Crippen LogP contribution in [0.25, 0.3) is 11.2 Å². The van der Waals surface area contributed by atoms with Crippen molar-refractivity contribution in [2.75, 3.05) is 38.2 Å². The molecule has 1 aliphatic rings. The number of hydrogen-bond donors (Lipinski definition) is 1. The van der Waals surface area contributed by atoms with Gasteiger partial charge in [-0.2, -0.15) is 0 Å². The number of morpholine rings is 1.